The minimum Gasteiger partial charge on any atom is -0.457 e. The number of amides is 1. The zero-order chi connectivity index (χ0) is 28.2. The molecule has 1 atom stereocenters. The number of aromatic nitrogens is 1. The predicted octanol–water partition coefficient (Wildman–Crippen LogP) is 5.95. The first-order valence-corrected chi connectivity index (χ1v) is 14.8. The van der Waals surface area contributed by atoms with Crippen molar-refractivity contribution in [2.75, 3.05) is 10.6 Å². The fourth-order valence-corrected chi connectivity index (χ4v) is 5.70. The van der Waals surface area contributed by atoms with E-state index >= 15 is 0 Å². The Hall–Kier alpha value is -3.89. The Kier molecular flexibility index (Phi) is 8.57. The number of carbonyl (C=O) groups is 1. The van der Waals surface area contributed by atoms with E-state index in [9.17, 15) is 13.2 Å². The molecule has 0 aliphatic carbocycles. The fourth-order valence-electron chi connectivity index (χ4n) is 4.26. The summed E-state index contributed by atoms with van der Waals surface area (Å²) in [4.78, 5) is 12.9. The van der Waals surface area contributed by atoms with Gasteiger partial charge in [0.2, 0.25) is 10.0 Å². The maximum atomic E-state index is 12.9. The molecule has 0 aliphatic rings. The Morgan fingerprint density at radius 2 is 1.62 bits per heavy atom. The standard InChI is InChI=1S/C29H29BrN4O4S/c1-20-18-23(21(2)33(20)25-12-10-24(30)11-13-25)19-31-32-29(35)22(3)34(39(4,36)37)26-14-16-28(17-15-26)38-27-8-6-5-7-9-27/h5-19,22H,1-4H3,(H,32,35)/b31-19-/t22-/m1/s1. The van der Waals surface area contributed by atoms with Crippen LogP contribution in [-0.2, 0) is 14.8 Å². The molecule has 4 aromatic rings. The summed E-state index contributed by atoms with van der Waals surface area (Å²) >= 11 is 3.45. The lowest BCUT2D eigenvalue weighted by Crippen LogP contribution is -2.46. The van der Waals surface area contributed by atoms with Gasteiger partial charge in [0.15, 0.2) is 0 Å². The Morgan fingerprint density at radius 1 is 1.00 bits per heavy atom. The number of nitrogens with one attached hydrogen (secondary N) is 1. The minimum atomic E-state index is -3.78. The van der Waals surface area contributed by atoms with E-state index in [0.717, 1.165) is 37.7 Å². The molecule has 0 radical (unpaired) electrons. The maximum Gasteiger partial charge on any atom is 0.263 e. The van der Waals surface area contributed by atoms with Crippen LogP contribution in [0.4, 0.5) is 5.69 Å². The third kappa shape index (κ3) is 6.76. The molecule has 1 amide bonds. The lowest BCUT2D eigenvalue weighted by atomic mass is 10.2. The van der Waals surface area contributed by atoms with Crippen molar-refractivity contribution in [3.05, 3.63) is 106 Å². The first-order valence-electron chi connectivity index (χ1n) is 12.1. The minimum absolute atomic E-state index is 0.336. The molecule has 1 N–H and O–H groups in total. The highest BCUT2D eigenvalue weighted by Gasteiger charge is 2.29. The first-order chi connectivity index (χ1) is 18.5. The number of rotatable bonds is 9. The molecular formula is C29H29BrN4O4S. The number of hydrazone groups is 1. The summed E-state index contributed by atoms with van der Waals surface area (Å²) in [5.74, 6) is 0.636. The predicted molar refractivity (Wildman–Crippen MR) is 158 cm³/mol. The van der Waals surface area contributed by atoms with Gasteiger partial charge in [-0.1, -0.05) is 34.1 Å². The molecule has 10 heteroatoms. The van der Waals surface area contributed by atoms with E-state index in [1.54, 1.807) is 30.5 Å². The summed E-state index contributed by atoms with van der Waals surface area (Å²) in [5, 5.41) is 4.12. The monoisotopic (exact) mass is 608 g/mol. The van der Waals surface area contributed by atoms with Crippen molar-refractivity contribution in [2.24, 2.45) is 5.10 Å². The molecule has 0 saturated carbocycles. The van der Waals surface area contributed by atoms with Gasteiger partial charge in [-0.05, 0) is 87.5 Å². The highest BCUT2D eigenvalue weighted by molar-refractivity contribution is 9.10. The fraction of sp³-hybridized carbons (Fsp3) is 0.172. The number of carbonyl (C=O) groups excluding carboxylic acids is 1. The van der Waals surface area contributed by atoms with Crippen LogP contribution in [-0.4, -0.2) is 37.4 Å². The maximum absolute atomic E-state index is 12.9. The van der Waals surface area contributed by atoms with Crippen LogP contribution in [0.1, 0.15) is 23.9 Å². The zero-order valence-corrected chi connectivity index (χ0v) is 24.4. The van der Waals surface area contributed by atoms with Gasteiger partial charge >= 0.3 is 0 Å². The third-order valence-corrected chi connectivity index (χ3v) is 7.86. The summed E-state index contributed by atoms with van der Waals surface area (Å²) in [6.07, 6.45) is 2.62. The molecule has 1 heterocycles. The van der Waals surface area contributed by atoms with Gasteiger partial charge in [0, 0.05) is 27.1 Å². The molecule has 39 heavy (non-hydrogen) atoms. The van der Waals surface area contributed by atoms with Crippen LogP contribution in [0.3, 0.4) is 0 Å². The molecule has 4 rings (SSSR count). The van der Waals surface area contributed by atoms with E-state index < -0.39 is 22.0 Å². The second kappa shape index (κ2) is 11.9. The Labute approximate surface area is 237 Å². The lowest BCUT2D eigenvalue weighted by Gasteiger charge is -2.27. The number of benzene rings is 3. The van der Waals surface area contributed by atoms with Crippen molar-refractivity contribution in [1.29, 1.82) is 0 Å². The molecule has 202 valence electrons. The van der Waals surface area contributed by atoms with Gasteiger partial charge in [-0.15, -0.1) is 0 Å². The van der Waals surface area contributed by atoms with Crippen LogP contribution in [0.2, 0.25) is 0 Å². The van der Waals surface area contributed by atoms with E-state index in [2.05, 4.69) is 31.0 Å². The first kappa shape index (κ1) is 28.1. The average molecular weight is 610 g/mol. The zero-order valence-electron chi connectivity index (χ0n) is 22.0. The van der Waals surface area contributed by atoms with Crippen LogP contribution in [0.15, 0.2) is 94.5 Å². The average Bonchev–Trinajstić information content (AvgIpc) is 3.18. The summed E-state index contributed by atoms with van der Waals surface area (Å²) in [6.45, 7) is 5.48. The number of hydrogen-bond donors (Lipinski definition) is 1. The van der Waals surface area contributed by atoms with Crippen molar-refractivity contribution >= 4 is 43.8 Å². The number of ether oxygens (including phenoxy) is 1. The molecule has 0 fully saturated rings. The third-order valence-electron chi connectivity index (χ3n) is 6.09. The van der Waals surface area contributed by atoms with Gasteiger partial charge < -0.3 is 9.30 Å². The molecule has 0 unspecified atom stereocenters. The van der Waals surface area contributed by atoms with Crippen LogP contribution in [0.5, 0.6) is 11.5 Å². The lowest BCUT2D eigenvalue weighted by molar-refractivity contribution is -0.121. The van der Waals surface area contributed by atoms with Gasteiger partial charge in [-0.25, -0.2) is 13.8 Å². The number of para-hydroxylation sites is 1. The summed E-state index contributed by atoms with van der Waals surface area (Å²) < 4.78 is 35.2. The number of hydrogen-bond acceptors (Lipinski definition) is 5. The molecule has 3 aromatic carbocycles. The molecule has 1 aromatic heterocycles. The topological polar surface area (TPSA) is 93.0 Å². The van der Waals surface area contributed by atoms with Gasteiger partial charge in [-0.2, -0.15) is 5.10 Å². The van der Waals surface area contributed by atoms with Gasteiger partial charge in [0.1, 0.15) is 17.5 Å². The van der Waals surface area contributed by atoms with E-state index in [0.29, 0.717) is 17.2 Å². The summed E-state index contributed by atoms with van der Waals surface area (Å²) in [7, 11) is -3.78. The van der Waals surface area contributed by atoms with Crippen molar-refractivity contribution in [2.45, 2.75) is 26.8 Å². The smallest absolute Gasteiger partial charge is 0.263 e. The van der Waals surface area contributed by atoms with Gasteiger partial charge in [-0.3, -0.25) is 9.10 Å². The SMILES string of the molecule is Cc1cc(/C=N\NC(=O)[C@@H](C)N(c2ccc(Oc3ccccc3)cc2)S(C)(=O)=O)c(C)n1-c1ccc(Br)cc1. The van der Waals surface area contributed by atoms with Crippen LogP contribution < -0.4 is 14.5 Å². The molecule has 0 saturated heterocycles. The number of anilines is 1. The van der Waals surface area contributed by atoms with E-state index in [4.69, 9.17) is 4.74 Å². The molecule has 0 spiro atoms. The van der Waals surface area contributed by atoms with Gasteiger partial charge in [0.25, 0.3) is 5.91 Å². The second-order valence-corrected chi connectivity index (χ2v) is 11.8. The number of halogens is 1. The largest absolute Gasteiger partial charge is 0.457 e. The molecule has 0 aliphatic heterocycles. The van der Waals surface area contributed by atoms with E-state index in [-0.39, 0.29) is 0 Å². The quantitative estimate of drug-likeness (QED) is 0.188. The van der Waals surface area contributed by atoms with E-state index in [1.165, 1.54) is 6.92 Å². The van der Waals surface area contributed by atoms with Crippen LogP contribution in [0, 0.1) is 13.8 Å². The number of aryl methyl sites for hydroxylation is 1. The highest BCUT2D eigenvalue weighted by atomic mass is 79.9. The van der Waals surface area contributed by atoms with Crippen LogP contribution in [0.25, 0.3) is 5.69 Å². The highest BCUT2D eigenvalue weighted by Crippen LogP contribution is 2.27. The normalized spacial score (nSPS) is 12.3. The van der Waals surface area contributed by atoms with Crippen molar-refractivity contribution in [3.63, 3.8) is 0 Å². The Morgan fingerprint density at radius 3 is 2.23 bits per heavy atom. The molecule has 8 nitrogen and oxygen atoms in total. The Balaban J connectivity index is 1.47. The summed E-state index contributed by atoms with van der Waals surface area (Å²) in [5.41, 5.74) is 6.63. The Bertz CT molecular complexity index is 1580. The van der Waals surface area contributed by atoms with E-state index in [1.807, 2.05) is 74.5 Å². The van der Waals surface area contributed by atoms with Crippen molar-refractivity contribution in [3.8, 4) is 17.2 Å². The van der Waals surface area contributed by atoms with Crippen molar-refractivity contribution < 1.29 is 17.9 Å². The number of sulfonamides is 1. The van der Waals surface area contributed by atoms with Crippen molar-refractivity contribution in [1.82, 2.24) is 9.99 Å². The molecular weight excluding hydrogens is 580 g/mol. The molecule has 0 bridgehead atoms. The van der Waals surface area contributed by atoms with Crippen LogP contribution >= 0.6 is 15.9 Å². The van der Waals surface area contributed by atoms with Gasteiger partial charge in [0.05, 0.1) is 18.2 Å². The second-order valence-electron chi connectivity index (χ2n) is 9.02. The number of nitrogens with zero attached hydrogens (tertiary/aromatic N) is 3. The summed E-state index contributed by atoms with van der Waals surface area (Å²) in [6, 6.07) is 24.7.